The lowest BCUT2D eigenvalue weighted by molar-refractivity contribution is 0.0461. The molecule has 0 aliphatic carbocycles. The molecule has 126 valence electrons. The van der Waals surface area contributed by atoms with Crippen LogP contribution in [-0.4, -0.2) is 15.9 Å². The Morgan fingerprint density at radius 2 is 2.16 bits per heavy atom. The number of nitrogens with one attached hydrogen (secondary N) is 1. The van der Waals surface area contributed by atoms with Crippen molar-refractivity contribution >= 4 is 39.8 Å². The number of oxazole rings is 1. The second kappa shape index (κ2) is 6.38. The summed E-state index contributed by atoms with van der Waals surface area (Å²) in [4.78, 5) is 20.7. The molecule has 1 aromatic carbocycles. The molecule has 3 heterocycles. The Bertz CT molecular complexity index is 1050. The number of halogens is 1. The van der Waals surface area contributed by atoms with Crippen molar-refractivity contribution in [2.75, 3.05) is 0 Å². The van der Waals surface area contributed by atoms with Crippen LogP contribution in [0.1, 0.15) is 21.9 Å². The number of H-pyrrole nitrogens is 1. The minimum absolute atomic E-state index is 0.0191. The maximum atomic E-state index is 12.4. The SMILES string of the molecule is Cc1oc(-c2cccs2)nc1COC(=O)c1[nH]c2ccccc2c1Cl. The zero-order valence-electron chi connectivity index (χ0n) is 13.2. The topological polar surface area (TPSA) is 68.1 Å². The quantitative estimate of drug-likeness (QED) is 0.500. The van der Waals surface area contributed by atoms with E-state index in [-0.39, 0.29) is 12.3 Å². The molecule has 0 saturated carbocycles. The molecule has 0 unspecified atom stereocenters. The molecule has 0 spiro atoms. The summed E-state index contributed by atoms with van der Waals surface area (Å²) >= 11 is 7.81. The Hall–Kier alpha value is -2.57. The average molecular weight is 373 g/mol. The minimum Gasteiger partial charge on any atom is -0.454 e. The van der Waals surface area contributed by atoms with Crippen LogP contribution in [0.4, 0.5) is 0 Å². The fourth-order valence-electron chi connectivity index (χ4n) is 2.52. The highest BCUT2D eigenvalue weighted by Crippen LogP contribution is 2.29. The Balaban J connectivity index is 1.53. The van der Waals surface area contributed by atoms with E-state index >= 15 is 0 Å². The van der Waals surface area contributed by atoms with Crippen LogP contribution in [0.3, 0.4) is 0 Å². The molecule has 3 aromatic heterocycles. The summed E-state index contributed by atoms with van der Waals surface area (Å²) in [5.41, 5.74) is 1.61. The second-order valence-electron chi connectivity index (χ2n) is 5.43. The number of para-hydroxylation sites is 1. The molecule has 4 rings (SSSR count). The molecule has 7 heteroatoms. The summed E-state index contributed by atoms with van der Waals surface area (Å²) in [6.45, 7) is 1.81. The maximum absolute atomic E-state index is 12.4. The third-order valence-electron chi connectivity index (χ3n) is 3.81. The van der Waals surface area contributed by atoms with Gasteiger partial charge in [-0.25, -0.2) is 9.78 Å². The molecule has 0 saturated heterocycles. The molecule has 1 N–H and O–H groups in total. The first-order valence-electron chi connectivity index (χ1n) is 7.57. The van der Waals surface area contributed by atoms with Crippen molar-refractivity contribution in [2.24, 2.45) is 0 Å². The Kier molecular flexibility index (Phi) is 4.07. The number of hydrogen-bond acceptors (Lipinski definition) is 5. The number of thiophene rings is 1. The van der Waals surface area contributed by atoms with E-state index in [2.05, 4.69) is 9.97 Å². The van der Waals surface area contributed by atoms with Crippen molar-refractivity contribution in [1.29, 1.82) is 0 Å². The summed E-state index contributed by atoms with van der Waals surface area (Å²) in [6, 6.07) is 11.3. The van der Waals surface area contributed by atoms with E-state index in [0.717, 1.165) is 15.8 Å². The van der Waals surface area contributed by atoms with Crippen molar-refractivity contribution in [2.45, 2.75) is 13.5 Å². The van der Waals surface area contributed by atoms with Crippen LogP contribution >= 0.6 is 22.9 Å². The number of aromatic amines is 1. The van der Waals surface area contributed by atoms with Gasteiger partial charge in [0.2, 0.25) is 5.89 Å². The summed E-state index contributed by atoms with van der Waals surface area (Å²) in [6.07, 6.45) is 0. The predicted molar refractivity (Wildman–Crippen MR) is 97.0 cm³/mol. The van der Waals surface area contributed by atoms with Gasteiger partial charge < -0.3 is 14.1 Å². The lowest BCUT2D eigenvalue weighted by Gasteiger charge is -2.01. The van der Waals surface area contributed by atoms with Gasteiger partial charge in [0.25, 0.3) is 0 Å². The van der Waals surface area contributed by atoms with Crippen molar-refractivity contribution < 1.29 is 13.9 Å². The van der Waals surface area contributed by atoms with E-state index in [9.17, 15) is 4.79 Å². The molecule has 4 aromatic rings. The number of rotatable bonds is 4. The van der Waals surface area contributed by atoms with Gasteiger partial charge >= 0.3 is 5.97 Å². The largest absolute Gasteiger partial charge is 0.454 e. The number of fused-ring (bicyclic) bond motifs is 1. The summed E-state index contributed by atoms with van der Waals surface area (Å²) in [7, 11) is 0. The van der Waals surface area contributed by atoms with Gasteiger partial charge in [0.15, 0.2) is 0 Å². The van der Waals surface area contributed by atoms with Crippen molar-refractivity contribution in [3.63, 3.8) is 0 Å². The number of nitrogens with zero attached hydrogens (tertiary/aromatic N) is 1. The summed E-state index contributed by atoms with van der Waals surface area (Å²) < 4.78 is 11.0. The zero-order chi connectivity index (χ0) is 17.4. The van der Waals surface area contributed by atoms with Crippen LogP contribution in [0, 0.1) is 6.92 Å². The van der Waals surface area contributed by atoms with Gasteiger partial charge in [-0.3, -0.25) is 0 Å². The second-order valence-corrected chi connectivity index (χ2v) is 6.76. The van der Waals surface area contributed by atoms with Crippen LogP contribution in [-0.2, 0) is 11.3 Å². The monoisotopic (exact) mass is 372 g/mol. The first-order chi connectivity index (χ1) is 12.1. The molecule has 5 nitrogen and oxygen atoms in total. The molecular formula is C18H13ClN2O3S. The smallest absolute Gasteiger partial charge is 0.356 e. The first-order valence-corrected chi connectivity index (χ1v) is 8.83. The van der Waals surface area contributed by atoms with Crippen molar-refractivity contribution in [1.82, 2.24) is 9.97 Å². The van der Waals surface area contributed by atoms with E-state index in [1.165, 1.54) is 11.3 Å². The third-order valence-corrected chi connectivity index (χ3v) is 5.06. The van der Waals surface area contributed by atoms with Crippen LogP contribution in [0.15, 0.2) is 46.2 Å². The molecule has 0 amide bonds. The number of esters is 1. The van der Waals surface area contributed by atoms with E-state index in [0.29, 0.717) is 22.4 Å². The summed E-state index contributed by atoms with van der Waals surface area (Å²) in [5, 5.41) is 3.09. The minimum atomic E-state index is -0.527. The number of carbonyl (C=O) groups excluding carboxylic acids is 1. The van der Waals surface area contributed by atoms with Crippen molar-refractivity contribution in [3.8, 4) is 10.8 Å². The number of hydrogen-bond donors (Lipinski definition) is 1. The number of carbonyl (C=O) groups is 1. The third kappa shape index (κ3) is 2.94. The zero-order valence-corrected chi connectivity index (χ0v) is 14.8. The van der Waals surface area contributed by atoms with Gasteiger partial charge in [-0.15, -0.1) is 11.3 Å². The molecule has 0 fully saturated rings. The van der Waals surface area contributed by atoms with Gasteiger partial charge in [-0.1, -0.05) is 35.9 Å². The molecule has 0 bridgehead atoms. The van der Waals surface area contributed by atoms with Crippen LogP contribution < -0.4 is 0 Å². The van der Waals surface area contributed by atoms with E-state index in [4.69, 9.17) is 20.8 Å². The Labute approximate surface area is 152 Å². The highest BCUT2D eigenvalue weighted by Gasteiger charge is 2.19. The van der Waals surface area contributed by atoms with Gasteiger partial charge in [-0.05, 0) is 24.4 Å². The number of aryl methyl sites for hydroxylation is 1. The summed E-state index contributed by atoms with van der Waals surface area (Å²) in [5.74, 6) is 0.627. The van der Waals surface area contributed by atoms with Gasteiger partial charge in [0.05, 0.1) is 9.90 Å². The predicted octanol–water partition coefficient (Wildman–Crippen LogP) is 5.20. The first kappa shape index (κ1) is 15.9. The molecule has 0 aliphatic heterocycles. The van der Waals surface area contributed by atoms with Crippen molar-refractivity contribution in [3.05, 3.63) is 63.9 Å². The van der Waals surface area contributed by atoms with E-state index in [1.807, 2.05) is 41.8 Å². The molecule has 25 heavy (non-hydrogen) atoms. The van der Waals surface area contributed by atoms with Gasteiger partial charge in [0, 0.05) is 10.9 Å². The number of benzene rings is 1. The fourth-order valence-corrected chi connectivity index (χ4v) is 3.46. The molecular weight excluding hydrogens is 360 g/mol. The highest BCUT2D eigenvalue weighted by atomic mass is 35.5. The van der Waals surface area contributed by atoms with Crippen LogP contribution in [0.2, 0.25) is 5.02 Å². The van der Waals surface area contributed by atoms with Crippen LogP contribution in [0.25, 0.3) is 21.7 Å². The lowest BCUT2D eigenvalue weighted by Crippen LogP contribution is -2.07. The standard InChI is InChI=1S/C18H13ClN2O3S/c1-10-13(21-17(24-10)14-7-4-8-25-14)9-23-18(22)16-15(19)11-5-2-3-6-12(11)20-16/h2-8,20H,9H2,1H3. The maximum Gasteiger partial charge on any atom is 0.356 e. The fraction of sp³-hybridized carbons (Fsp3) is 0.111. The van der Waals surface area contributed by atoms with Gasteiger partial charge in [-0.2, -0.15) is 0 Å². The number of ether oxygens (including phenoxy) is 1. The Morgan fingerprint density at radius 1 is 1.32 bits per heavy atom. The lowest BCUT2D eigenvalue weighted by atomic mass is 10.2. The average Bonchev–Trinajstić information content (AvgIpc) is 3.33. The van der Waals surface area contributed by atoms with E-state index < -0.39 is 5.97 Å². The van der Waals surface area contributed by atoms with E-state index in [1.54, 1.807) is 6.92 Å². The van der Waals surface area contributed by atoms with Gasteiger partial charge in [0.1, 0.15) is 23.8 Å². The normalized spacial score (nSPS) is 11.1. The highest BCUT2D eigenvalue weighted by molar-refractivity contribution is 7.13. The van der Waals surface area contributed by atoms with Crippen LogP contribution in [0.5, 0.6) is 0 Å². The molecule has 0 atom stereocenters. The molecule has 0 radical (unpaired) electrons. The number of aromatic nitrogens is 2. The molecule has 0 aliphatic rings. The Morgan fingerprint density at radius 3 is 2.92 bits per heavy atom.